The molecule has 0 saturated heterocycles. The summed E-state index contributed by atoms with van der Waals surface area (Å²) in [4.78, 5) is 0. The fraction of sp³-hybridized carbons (Fsp3) is 1.00. The first kappa shape index (κ1) is 10.9. The molecule has 0 aliphatic carbocycles. The van der Waals surface area contributed by atoms with E-state index in [2.05, 4.69) is 19.2 Å². The Labute approximate surface area is 70.0 Å². The summed E-state index contributed by atoms with van der Waals surface area (Å²) >= 11 is 0. The number of aliphatic hydroxyl groups is 1. The fourth-order valence-electron chi connectivity index (χ4n) is 0.663. The molecule has 0 aromatic heterocycles. The first-order valence-electron chi connectivity index (χ1n) is 4.47. The SMILES string of the molecule is CCC(C)NCC(C)(O)CC. The molecule has 0 aromatic rings. The predicted molar refractivity (Wildman–Crippen MR) is 48.7 cm³/mol. The van der Waals surface area contributed by atoms with Crippen molar-refractivity contribution < 1.29 is 5.11 Å². The van der Waals surface area contributed by atoms with Gasteiger partial charge in [-0.1, -0.05) is 13.8 Å². The van der Waals surface area contributed by atoms with Gasteiger partial charge in [0.15, 0.2) is 0 Å². The van der Waals surface area contributed by atoms with Crippen molar-refractivity contribution in [2.45, 2.75) is 52.2 Å². The molecule has 2 unspecified atom stereocenters. The van der Waals surface area contributed by atoms with Crippen molar-refractivity contribution in [2.24, 2.45) is 0 Å². The van der Waals surface area contributed by atoms with Gasteiger partial charge in [0.25, 0.3) is 0 Å². The van der Waals surface area contributed by atoms with E-state index < -0.39 is 5.60 Å². The molecule has 2 nitrogen and oxygen atoms in total. The van der Waals surface area contributed by atoms with E-state index >= 15 is 0 Å². The van der Waals surface area contributed by atoms with Gasteiger partial charge in [0.2, 0.25) is 0 Å². The standard InChI is InChI=1S/C9H21NO/c1-5-8(3)10-7-9(4,11)6-2/h8,10-11H,5-7H2,1-4H3. The molecule has 0 aliphatic heterocycles. The lowest BCUT2D eigenvalue weighted by atomic mass is 10.0. The predicted octanol–water partition coefficient (Wildman–Crippen LogP) is 1.54. The van der Waals surface area contributed by atoms with E-state index in [1.807, 2.05) is 13.8 Å². The van der Waals surface area contributed by atoms with Crippen LogP contribution < -0.4 is 5.32 Å². The molecule has 0 spiro atoms. The van der Waals surface area contributed by atoms with Crippen molar-refractivity contribution in [2.75, 3.05) is 6.54 Å². The van der Waals surface area contributed by atoms with E-state index in [1.165, 1.54) is 0 Å². The molecule has 11 heavy (non-hydrogen) atoms. The van der Waals surface area contributed by atoms with E-state index in [9.17, 15) is 5.11 Å². The molecule has 68 valence electrons. The zero-order chi connectivity index (χ0) is 8.91. The largest absolute Gasteiger partial charge is 0.389 e. The van der Waals surface area contributed by atoms with Crippen LogP contribution in [-0.4, -0.2) is 23.3 Å². The molecule has 0 rings (SSSR count). The van der Waals surface area contributed by atoms with Gasteiger partial charge in [0.05, 0.1) is 5.60 Å². The summed E-state index contributed by atoms with van der Waals surface area (Å²) in [5.74, 6) is 0. The molecule has 2 heteroatoms. The van der Waals surface area contributed by atoms with Gasteiger partial charge in [-0.25, -0.2) is 0 Å². The quantitative estimate of drug-likeness (QED) is 0.637. The second-order valence-corrected chi connectivity index (χ2v) is 3.54. The van der Waals surface area contributed by atoms with Crippen molar-refractivity contribution in [3.63, 3.8) is 0 Å². The molecule has 0 aliphatic rings. The zero-order valence-corrected chi connectivity index (χ0v) is 8.15. The highest BCUT2D eigenvalue weighted by Crippen LogP contribution is 2.06. The Morgan fingerprint density at radius 1 is 1.45 bits per heavy atom. The van der Waals surface area contributed by atoms with Crippen LogP contribution in [0.4, 0.5) is 0 Å². The summed E-state index contributed by atoms with van der Waals surface area (Å²) in [6.45, 7) is 8.82. The summed E-state index contributed by atoms with van der Waals surface area (Å²) in [5, 5.41) is 12.9. The second-order valence-electron chi connectivity index (χ2n) is 3.54. The monoisotopic (exact) mass is 159 g/mol. The minimum absolute atomic E-state index is 0.507. The molecular formula is C9H21NO. The number of hydrogen-bond donors (Lipinski definition) is 2. The van der Waals surface area contributed by atoms with Gasteiger partial charge in [0, 0.05) is 12.6 Å². The number of rotatable bonds is 5. The van der Waals surface area contributed by atoms with Gasteiger partial charge < -0.3 is 10.4 Å². The fourth-order valence-corrected chi connectivity index (χ4v) is 0.663. The highest BCUT2D eigenvalue weighted by Gasteiger charge is 2.17. The van der Waals surface area contributed by atoms with E-state index in [0.29, 0.717) is 12.6 Å². The maximum atomic E-state index is 9.61. The molecule has 0 amide bonds. The zero-order valence-electron chi connectivity index (χ0n) is 8.15. The van der Waals surface area contributed by atoms with Crippen LogP contribution in [0.25, 0.3) is 0 Å². The van der Waals surface area contributed by atoms with E-state index in [0.717, 1.165) is 12.8 Å². The lowest BCUT2D eigenvalue weighted by Crippen LogP contribution is -2.40. The van der Waals surface area contributed by atoms with Crippen LogP contribution >= 0.6 is 0 Å². The Bertz CT molecular complexity index is 102. The van der Waals surface area contributed by atoms with Crippen molar-refractivity contribution >= 4 is 0 Å². The summed E-state index contributed by atoms with van der Waals surface area (Å²) in [6, 6.07) is 0.507. The lowest BCUT2D eigenvalue weighted by molar-refractivity contribution is 0.0533. The molecule has 0 radical (unpaired) electrons. The molecule has 0 saturated carbocycles. The van der Waals surface area contributed by atoms with Crippen LogP contribution in [-0.2, 0) is 0 Å². The molecule has 0 aromatic carbocycles. The van der Waals surface area contributed by atoms with Gasteiger partial charge in [-0.15, -0.1) is 0 Å². The summed E-state index contributed by atoms with van der Waals surface area (Å²) in [5.41, 5.74) is -0.538. The van der Waals surface area contributed by atoms with E-state index in [1.54, 1.807) is 0 Å². The van der Waals surface area contributed by atoms with Crippen molar-refractivity contribution in [3.05, 3.63) is 0 Å². The van der Waals surface area contributed by atoms with Crippen LogP contribution in [0, 0.1) is 0 Å². The van der Waals surface area contributed by atoms with Crippen LogP contribution in [0.2, 0.25) is 0 Å². The summed E-state index contributed by atoms with van der Waals surface area (Å²) < 4.78 is 0. The van der Waals surface area contributed by atoms with Crippen LogP contribution in [0.1, 0.15) is 40.5 Å². The van der Waals surface area contributed by atoms with Crippen molar-refractivity contribution in [1.82, 2.24) is 5.32 Å². The average molecular weight is 159 g/mol. The maximum absolute atomic E-state index is 9.61. The van der Waals surface area contributed by atoms with Gasteiger partial charge in [-0.05, 0) is 26.7 Å². The van der Waals surface area contributed by atoms with Crippen molar-refractivity contribution in [1.29, 1.82) is 0 Å². The van der Waals surface area contributed by atoms with Gasteiger partial charge >= 0.3 is 0 Å². The van der Waals surface area contributed by atoms with Crippen LogP contribution in [0.15, 0.2) is 0 Å². The smallest absolute Gasteiger partial charge is 0.0741 e. The molecule has 2 atom stereocenters. The minimum Gasteiger partial charge on any atom is -0.389 e. The Kier molecular flexibility index (Phi) is 4.69. The average Bonchev–Trinajstić information content (AvgIpc) is 2.00. The lowest BCUT2D eigenvalue weighted by Gasteiger charge is -2.23. The van der Waals surface area contributed by atoms with Crippen LogP contribution in [0.5, 0.6) is 0 Å². The Morgan fingerprint density at radius 2 is 2.00 bits per heavy atom. The Morgan fingerprint density at radius 3 is 2.36 bits per heavy atom. The molecule has 2 N–H and O–H groups in total. The molecule has 0 heterocycles. The third kappa shape index (κ3) is 5.22. The third-order valence-corrected chi connectivity index (χ3v) is 2.21. The topological polar surface area (TPSA) is 32.3 Å². The van der Waals surface area contributed by atoms with E-state index in [-0.39, 0.29) is 0 Å². The van der Waals surface area contributed by atoms with Crippen LogP contribution in [0.3, 0.4) is 0 Å². The minimum atomic E-state index is -0.538. The van der Waals surface area contributed by atoms with E-state index in [4.69, 9.17) is 0 Å². The first-order chi connectivity index (χ1) is 5.02. The normalized spacial score (nSPS) is 19.4. The number of nitrogens with one attached hydrogen (secondary N) is 1. The summed E-state index contributed by atoms with van der Waals surface area (Å²) in [6.07, 6.45) is 1.91. The molecular weight excluding hydrogens is 138 g/mol. The van der Waals surface area contributed by atoms with Crippen molar-refractivity contribution in [3.8, 4) is 0 Å². The Hall–Kier alpha value is -0.0800. The highest BCUT2D eigenvalue weighted by atomic mass is 16.3. The highest BCUT2D eigenvalue weighted by molar-refractivity contribution is 4.74. The second kappa shape index (κ2) is 4.73. The third-order valence-electron chi connectivity index (χ3n) is 2.21. The molecule has 0 fully saturated rings. The van der Waals surface area contributed by atoms with Gasteiger partial charge in [-0.3, -0.25) is 0 Å². The first-order valence-corrected chi connectivity index (χ1v) is 4.47. The maximum Gasteiger partial charge on any atom is 0.0741 e. The number of hydrogen-bond acceptors (Lipinski definition) is 2. The van der Waals surface area contributed by atoms with Gasteiger partial charge in [0.1, 0.15) is 0 Å². The van der Waals surface area contributed by atoms with Gasteiger partial charge in [-0.2, -0.15) is 0 Å². The molecule has 0 bridgehead atoms. The summed E-state index contributed by atoms with van der Waals surface area (Å²) in [7, 11) is 0. The Balaban J connectivity index is 3.52.